The van der Waals surface area contributed by atoms with E-state index in [1.165, 1.54) is 24.3 Å². The van der Waals surface area contributed by atoms with Gasteiger partial charge in [0.15, 0.2) is 0 Å². The molecule has 0 spiro atoms. The molecular formula is C18H23N3O6S. The van der Waals surface area contributed by atoms with Crippen LogP contribution in [0.1, 0.15) is 23.1 Å². The number of sulfonamides is 1. The number of nitro groups is 1. The van der Waals surface area contributed by atoms with Crippen LogP contribution in [0.15, 0.2) is 40.8 Å². The highest BCUT2D eigenvalue weighted by molar-refractivity contribution is 7.88. The smallest absolute Gasteiger partial charge is 0.269 e. The quantitative estimate of drug-likeness (QED) is 0.524. The largest absolute Gasteiger partial charge is 0.465 e. The van der Waals surface area contributed by atoms with Gasteiger partial charge >= 0.3 is 0 Å². The van der Waals surface area contributed by atoms with Crippen LogP contribution in [0, 0.1) is 17.0 Å². The van der Waals surface area contributed by atoms with E-state index < -0.39 is 14.9 Å². The molecule has 1 aliphatic rings. The summed E-state index contributed by atoms with van der Waals surface area (Å²) >= 11 is 0. The summed E-state index contributed by atoms with van der Waals surface area (Å²) in [6, 6.07) is 8.98. The molecule has 0 bridgehead atoms. The highest BCUT2D eigenvalue weighted by Gasteiger charge is 2.27. The molecule has 3 rings (SSSR count). The molecule has 0 amide bonds. The third-order valence-corrected chi connectivity index (χ3v) is 5.90. The first-order chi connectivity index (χ1) is 13.3. The molecule has 1 aromatic carbocycles. The van der Waals surface area contributed by atoms with E-state index >= 15 is 0 Å². The molecule has 0 aliphatic carbocycles. The van der Waals surface area contributed by atoms with Crippen LogP contribution >= 0.6 is 0 Å². The number of hydrogen-bond acceptors (Lipinski definition) is 7. The number of ether oxygens (including phenoxy) is 1. The molecule has 2 heterocycles. The SMILES string of the molecule is Cc1ccc(C(CNS(=O)(=O)Cc2ccc([N+](=O)[O-])cc2)N2CCOCC2)o1. The molecule has 0 saturated carbocycles. The third kappa shape index (κ3) is 5.38. The Balaban J connectivity index is 1.67. The van der Waals surface area contributed by atoms with Crippen molar-refractivity contribution >= 4 is 15.7 Å². The first-order valence-electron chi connectivity index (χ1n) is 8.93. The number of aryl methyl sites for hydroxylation is 1. The van der Waals surface area contributed by atoms with Crippen LogP contribution in [0.3, 0.4) is 0 Å². The Hall–Kier alpha value is -2.27. The lowest BCUT2D eigenvalue weighted by atomic mass is 10.2. The highest BCUT2D eigenvalue weighted by atomic mass is 32.2. The van der Waals surface area contributed by atoms with Crippen LogP contribution in [0.25, 0.3) is 0 Å². The predicted molar refractivity (Wildman–Crippen MR) is 102 cm³/mol. The Morgan fingerprint density at radius 3 is 2.43 bits per heavy atom. The van der Waals surface area contributed by atoms with E-state index in [0.29, 0.717) is 37.6 Å². The lowest BCUT2D eigenvalue weighted by Gasteiger charge is -2.33. The van der Waals surface area contributed by atoms with Crippen molar-refractivity contribution < 1.29 is 22.5 Å². The van der Waals surface area contributed by atoms with E-state index in [-0.39, 0.29) is 24.0 Å². The van der Waals surface area contributed by atoms with E-state index in [1.807, 2.05) is 19.1 Å². The average Bonchev–Trinajstić information content (AvgIpc) is 3.09. The number of furan rings is 1. The molecule has 1 fully saturated rings. The first-order valence-corrected chi connectivity index (χ1v) is 10.6. The van der Waals surface area contributed by atoms with Crippen LogP contribution in [-0.2, 0) is 20.5 Å². The summed E-state index contributed by atoms with van der Waals surface area (Å²) in [5.74, 6) is 1.22. The minimum Gasteiger partial charge on any atom is -0.465 e. The van der Waals surface area contributed by atoms with Crippen molar-refractivity contribution in [2.75, 3.05) is 32.8 Å². The Bertz CT molecular complexity index is 904. The van der Waals surface area contributed by atoms with Crippen molar-refractivity contribution in [1.82, 2.24) is 9.62 Å². The standard InChI is InChI=1S/C18H23N3O6S/c1-14-2-7-18(27-14)17(20-8-10-26-11-9-20)12-19-28(24,25)13-15-3-5-16(6-4-15)21(22)23/h2-7,17,19H,8-13H2,1H3. The van der Waals surface area contributed by atoms with Crippen molar-refractivity contribution in [3.63, 3.8) is 0 Å². The zero-order valence-corrected chi connectivity index (χ0v) is 16.4. The molecule has 0 radical (unpaired) electrons. The zero-order chi connectivity index (χ0) is 20.1. The summed E-state index contributed by atoms with van der Waals surface area (Å²) in [5.41, 5.74) is 0.407. The minimum absolute atomic E-state index is 0.0744. The molecule has 1 saturated heterocycles. The second-order valence-corrected chi connectivity index (χ2v) is 8.45. The Labute approximate surface area is 163 Å². The number of hydrogen-bond donors (Lipinski definition) is 1. The van der Waals surface area contributed by atoms with Gasteiger partial charge in [-0.2, -0.15) is 0 Å². The molecule has 1 N–H and O–H groups in total. The summed E-state index contributed by atoms with van der Waals surface area (Å²) in [5, 5.41) is 10.7. The van der Waals surface area contributed by atoms with Gasteiger partial charge in [0.05, 0.1) is 29.9 Å². The molecule has 152 valence electrons. The van der Waals surface area contributed by atoms with Crippen LogP contribution in [-0.4, -0.2) is 51.1 Å². The molecule has 1 atom stereocenters. The molecular weight excluding hydrogens is 386 g/mol. The number of rotatable bonds is 8. The molecule has 10 heteroatoms. The molecule has 1 aromatic heterocycles. The Morgan fingerprint density at radius 1 is 1.18 bits per heavy atom. The summed E-state index contributed by atoms with van der Waals surface area (Å²) in [7, 11) is -3.62. The van der Waals surface area contributed by atoms with Gasteiger partial charge in [0, 0.05) is 31.8 Å². The van der Waals surface area contributed by atoms with Crippen molar-refractivity contribution in [1.29, 1.82) is 0 Å². The molecule has 28 heavy (non-hydrogen) atoms. The average molecular weight is 409 g/mol. The maximum Gasteiger partial charge on any atom is 0.269 e. The van der Waals surface area contributed by atoms with E-state index in [2.05, 4.69) is 9.62 Å². The van der Waals surface area contributed by atoms with E-state index in [0.717, 1.165) is 5.76 Å². The van der Waals surface area contributed by atoms with Gasteiger partial charge in [-0.25, -0.2) is 13.1 Å². The maximum atomic E-state index is 12.5. The summed E-state index contributed by atoms with van der Waals surface area (Å²) < 4.78 is 38.8. The molecule has 2 aromatic rings. The highest BCUT2D eigenvalue weighted by Crippen LogP contribution is 2.24. The fraction of sp³-hybridized carbons (Fsp3) is 0.444. The number of morpholine rings is 1. The molecule has 1 unspecified atom stereocenters. The fourth-order valence-corrected chi connectivity index (χ4v) is 4.27. The van der Waals surface area contributed by atoms with Crippen LogP contribution in [0.2, 0.25) is 0 Å². The van der Waals surface area contributed by atoms with Gasteiger partial charge in [-0.05, 0) is 24.6 Å². The van der Waals surface area contributed by atoms with E-state index in [4.69, 9.17) is 9.15 Å². The Morgan fingerprint density at radius 2 is 1.86 bits per heavy atom. The van der Waals surface area contributed by atoms with Gasteiger partial charge in [0.25, 0.3) is 5.69 Å². The van der Waals surface area contributed by atoms with Crippen molar-refractivity contribution in [2.45, 2.75) is 18.7 Å². The van der Waals surface area contributed by atoms with E-state index in [1.54, 1.807) is 0 Å². The number of benzene rings is 1. The number of non-ortho nitro benzene ring substituents is 1. The van der Waals surface area contributed by atoms with Crippen molar-refractivity contribution in [3.05, 3.63) is 63.6 Å². The number of nitrogens with zero attached hydrogens (tertiary/aromatic N) is 2. The normalized spacial score (nSPS) is 16.8. The summed E-state index contributed by atoms with van der Waals surface area (Å²) in [4.78, 5) is 12.3. The monoisotopic (exact) mass is 409 g/mol. The molecule has 9 nitrogen and oxygen atoms in total. The lowest BCUT2D eigenvalue weighted by Crippen LogP contribution is -2.43. The van der Waals surface area contributed by atoms with E-state index in [9.17, 15) is 18.5 Å². The van der Waals surface area contributed by atoms with Gasteiger partial charge in [0.1, 0.15) is 11.5 Å². The van der Waals surface area contributed by atoms with Gasteiger partial charge in [-0.3, -0.25) is 15.0 Å². The van der Waals surface area contributed by atoms with Gasteiger partial charge in [-0.15, -0.1) is 0 Å². The van der Waals surface area contributed by atoms with Crippen LogP contribution in [0.4, 0.5) is 5.69 Å². The second kappa shape index (κ2) is 8.82. The van der Waals surface area contributed by atoms with Gasteiger partial charge in [-0.1, -0.05) is 12.1 Å². The van der Waals surface area contributed by atoms with Crippen LogP contribution < -0.4 is 4.72 Å². The van der Waals surface area contributed by atoms with Crippen molar-refractivity contribution in [2.24, 2.45) is 0 Å². The molecule has 1 aliphatic heterocycles. The second-order valence-electron chi connectivity index (χ2n) is 6.64. The third-order valence-electron chi connectivity index (χ3n) is 4.58. The topological polar surface area (TPSA) is 115 Å². The number of nitro benzene ring substituents is 1. The minimum atomic E-state index is -3.62. The van der Waals surface area contributed by atoms with Gasteiger partial charge in [0.2, 0.25) is 10.0 Å². The predicted octanol–water partition coefficient (Wildman–Crippen LogP) is 1.99. The van der Waals surface area contributed by atoms with Gasteiger partial charge < -0.3 is 9.15 Å². The lowest BCUT2D eigenvalue weighted by molar-refractivity contribution is -0.384. The van der Waals surface area contributed by atoms with Crippen LogP contribution in [0.5, 0.6) is 0 Å². The summed E-state index contributed by atoms with van der Waals surface area (Å²) in [6.45, 7) is 4.57. The zero-order valence-electron chi connectivity index (χ0n) is 15.5. The van der Waals surface area contributed by atoms with Crippen molar-refractivity contribution in [3.8, 4) is 0 Å². The number of nitrogens with one attached hydrogen (secondary N) is 1. The Kier molecular flexibility index (Phi) is 6.45. The summed E-state index contributed by atoms with van der Waals surface area (Å²) in [6.07, 6.45) is 0. The fourth-order valence-electron chi connectivity index (χ4n) is 3.12. The first kappa shape index (κ1) is 20.5. The maximum absolute atomic E-state index is 12.5.